The van der Waals surface area contributed by atoms with Gasteiger partial charge in [-0.15, -0.1) is 5.10 Å². The summed E-state index contributed by atoms with van der Waals surface area (Å²) in [7, 11) is 2.23. The highest BCUT2D eigenvalue weighted by Crippen LogP contribution is 2.25. The lowest BCUT2D eigenvalue weighted by Crippen LogP contribution is -2.28. The Balaban J connectivity index is 1.36. The Morgan fingerprint density at radius 3 is 2.85 bits per heavy atom. The van der Waals surface area contributed by atoms with Gasteiger partial charge in [0.15, 0.2) is 0 Å². The van der Waals surface area contributed by atoms with Crippen LogP contribution in [-0.2, 0) is 13.1 Å². The molecule has 112 valence electrons. The highest BCUT2D eigenvalue weighted by Gasteiger charge is 2.20. The number of aromatic nitrogens is 3. The van der Waals surface area contributed by atoms with Crippen molar-refractivity contribution in [2.75, 3.05) is 20.1 Å². The molecule has 2 aliphatic carbocycles. The minimum atomic E-state index is 0.734. The van der Waals surface area contributed by atoms with Crippen molar-refractivity contribution in [1.29, 1.82) is 0 Å². The Hall–Kier alpha value is -0.940. The molecule has 2 aliphatic rings. The van der Waals surface area contributed by atoms with E-state index >= 15 is 0 Å². The summed E-state index contributed by atoms with van der Waals surface area (Å²) in [5, 5.41) is 11.9. The second-order valence-corrected chi connectivity index (χ2v) is 6.54. The van der Waals surface area contributed by atoms with Gasteiger partial charge in [0.2, 0.25) is 0 Å². The molecule has 0 saturated heterocycles. The third kappa shape index (κ3) is 4.28. The van der Waals surface area contributed by atoms with E-state index in [9.17, 15) is 0 Å². The van der Waals surface area contributed by atoms with Crippen molar-refractivity contribution in [3.05, 3.63) is 11.9 Å². The van der Waals surface area contributed by atoms with Gasteiger partial charge in [0, 0.05) is 31.9 Å². The molecule has 1 N–H and O–H groups in total. The second-order valence-electron chi connectivity index (χ2n) is 6.54. The molecule has 3 rings (SSSR count). The van der Waals surface area contributed by atoms with E-state index in [1.165, 1.54) is 45.1 Å². The first-order valence-corrected chi connectivity index (χ1v) is 8.10. The summed E-state index contributed by atoms with van der Waals surface area (Å²) in [4.78, 5) is 2.44. The quantitative estimate of drug-likeness (QED) is 0.785. The van der Waals surface area contributed by atoms with E-state index in [1.54, 1.807) is 0 Å². The van der Waals surface area contributed by atoms with Crippen LogP contribution in [0.5, 0.6) is 0 Å². The summed E-state index contributed by atoms with van der Waals surface area (Å²) in [6.45, 7) is 4.11. The van der Waals surface area contributed by atoms with Crippen LogP contribution in [0, 0.1) is 5.92 Å². The van der Waals surface area contributed by atoms with Gasteiger partial charge in [-0.2, -0.15) is 0 Å². The van der Waals surface area contributed by atoms with Crippen molar-refractivity contribution >= 4 is 0 Å². The fraction of sp³-hybridized carbons (Fsp3) is 0.867. The lowest BCUT2D eigenvalue weighted by molar-refractivity contribution is 0.263. The van der Waals surface area contributed by atoms with Crippen molar-refractivity contribution in [2.45, 2.75) is 57.7 Å². The van der Waals surface area contributed by atoms with Gasteiger partial charge in [-0.1, -0.05) is 18.1 Å². The Bertz CT molecular complexity index is 406. The predicted octanol–water partition coefficient (Wildman–Crippen LogP) is 1.65. The molecule has 1 heterocycles. The zero-order chi connectivity index (χ0) is 13.8. The molecular weight excluding hydrogens is 250 g/mol. The predicted molar refractivity (Wildman–Crippen MR) is 79.3 cm³/mol. The molecule has 0 unspecified atom stereocenters. The lowest BCUT2D eigenvalue weighted by Gasteiger charge is -2.20. The molecule has 0 spiro atoms. The van der Waals surface area contributed by atoms with E-state index in [2.05, 4.69) is 33.8 Å². The minimum absolute atomic E-state index is 0.734. The Morgan fingerprint density at radius 2 is 2.10 bits per heavy atom. The largest absolute Gasteiger partial charge is 0.308 e. The fourth-order valence-corrected chi connectivity index (χ4v) is 3.06. The third-order valence-electron chi connectivity index (χ3n) is 4.49. The molecule has 20 heavy (non-hydrogen) atoms. The van der Waals surface area contributed by atoms with Crippen LogP contribution in [-0.4, -0.2) is 46.1 Å². The third-order valence-corrected chi connectivity index (χ3v) is 4.49. The molecule has 1 aromatic rings. The number of nitrogens with zero attached hydrogens (tertiary/aromatic N) is 4. The first-order chi connectivity index (χ1) is 9.79. The molecule has 0 bridgehead atoms. The highest BCUT2D eigenvalue weighted by molar-refractivity contribution is 4.94. The maximum absolute atomic E-state index is 4.23. The average Bonchev–Trinajstić information content (AvgIpc) is 2.94. The standard InChI is InChI=1S/C15H27N5/c1-19(11-13-4-2-3-5-13)8-9-20-12-15(17-18-20)10-16-14-6-7-14/h12-14,16H,2-11H2,1H3. The number of hydrogen-bond acceptors (Lipinski definition) is 4. The van der Waals surface area contributed by atoms with Gasteiger partial charge < -0.3 is 10.2 Å². The molecule has 2 saturated carbocycles. The minimum Gasteiger partial charge on any atom is -0.308 e. The smallest absolute Gasteiger partial charge is 0.0964 e. The summed E-state index contributed by atoms with van der Waals surface area (Å²) in [6, 6.07) is 0.734. The van der Waals surface area contributed by atoms with Gasteiger partial charge >= 0.3 is 0 Å². The molecule has 1 aromatic heterocycles. The summed E-state index contributed by atoms with van der Waals surface area (Å²) >= 11 is 0. The van der Waals surface area contributed by atoms with Crippen LogP contribution in [0.15, 0.2) is 6.20 Å². The van der Waals surface area contributed by atoms with Crippen LogP contribution in [0.25, 0.3) is 0 Å². The van der Waals surface area contributed by atoms with Gasteiger partial charge in [0.25, 0.3) is 0 Å². The van der Waals surface area contributed by atoms with Crippen LogP contribution in [0.1, 0.15) is 44.2 Å². The van der Waals surface area contributed by atoms with Crippen LogP contribution in [0.3, 0.4) is 0 Å². The van der Waals surface area contributed by atoms with E-state index in [4.69, 9.17) is 0 Å². The molecule has 0 amide bonds. The molecule has 5 nitrogen and oxygen atoms in total. The fourth-order valence-electron chi connectivity index (χ4n) is 3.06. The van der Waals surface area contributed by atoms with E-state index in [0.29, 0.717) is 0 Å². The van der Waals surface area contributed by atoms with Crippen molar-refractivity contribution in [2.24, 2.45) is 5.92 Å². The summed E-state index contributed by atoms with van der Waals surface area (Å²) in [6.07, 6.45) is 10.4. The van der Waals surface area contributed by atoms with E-state index in [-0.39, 0.29) is 0 Å². The van der Waals surface area contributed by atoms with Gasteiger partial charge in [-0.05, 0) is 38.6 Å². The highest BCUT2D eigenvalue weighted by atomic mass is 15.4. The van der Waals surface area contributed by atoms with E-state index < -0.39 is 0 Å². The van der Waals surface area contributed by atoms with Gasteiger partial charge in [0.1, 0.15) is 0 Å². The van der Waals surface area contributed by atoms with Crippen molar-refractivity contribution in [3.8, 4) is 0 Å². The number of nitrogens with one attached hydrogen (secondary N) is 1. The molecule has 2 fully saturated rings. The Labute approximate surface area is 121 Å². The van der Waals surface area contributed by atoms with Crippen LogP contribution < -0.4 is 5.32 Å². The zero-order valence-corrected chi connectivity index (χ0v) is 12.6. The second kappa shape index (κ2) is 6.68. The molecular formula is C15H27N5. The average molecular weight is 277 g/mol. The molecule has 0 aliphatic heterocycles. The number of rotatable bonds is 8. The first-order valence-electron chi connectivity index (χ1n) is 8.10. The van der Waals surface area contributed by atoms with Crippen LogP contribution >= 0.6 is 0 Å². The number of hydrogen-bond donors (Lipinski definition) is 1. The van der Waals surface area contributed by atoms with Crippen LogP contribution in [0.4, 0.5) is 0 Å². The van der Waals surface area contributed by atoms with E-state index in [1.807, 2.05) is 4.68 Å². The van der Waals surface area contributed by atoms with Gasteiger partial charge in [-0.25, -0.2) is 0 Å². The van der Waals surface area contributed by atoms with Crippen LogP contribution in [0.2, 0.25) is 0 Å². The maximum Gasteiger partial charge on any atom is 0.0964 e. The molecule has 0 radical (unpaired) electrons. The number of likely N-dealkylation sites (N-methyl/N-ethyl adjacent to an activating group) is 1. The van der Waals surface area contributed by atoms with E-state index in [0.717, 1.165) is 37.3 Å². The Morgan fingerprint density at radius 1 is 1.30 bits per heavy atom. The summed E-state index contributed by atoms with van der Waals surface area (Å²) in [5.41, 5.74) is 1.07. The molecule has 5 heteroatoms. The molecule has 0 atom stereocenters. The maximum atomic E-state index is 4.23. The molecule has 0 aromatic carbocycles. The van der Waals surface area contributed by atoms with Gasteiger partial charge in [-0.3, -0.25) is 4.68 Å². The zero-order valence-electron chi connectivity index (χ0n) is 12.6. The monoisotopic (exact) mass is 277 g/mol. The first kappa shape index (κ1) is 14.0. The summed E-state index contributed by atoms with van der Waals surface area (Å²) in [5.74, 6) is 0.925. The normalized spacial score (nSPS) is 20.1. The Kier molecular flexibility index (Phi) is 4.68. The van der Waals surface area contributed by atoms with Crippen molar-refractivity contribution in [3.63, 3.8) is 0 Å². The topological polar surface area (TPSA) is 46.0 Å². The van der Waals surface area contributed by atoms with Gasteiger partial charge in [0.05, 0.1) is 12.2 Å². The summed E-state index contributed by atoms with van der Waals surface area (Å²) < 4.78 is 1.98. The lowest BCUT2D eigenvalue weighted by atomic mass is 10.1. The van der Waals surface area contributed by atoms with Crippen molar-refractivity contribution < 1.29 is 0 Å². The SMILES string of the molecule is CN(CCn1cc(CNC2CC2)nn1)CC1CCCC1. The van der Waals surface area contributed by atoms with Crippen molar-refractivity contribution in [1.82, 2.24) is 25.2 Å².